The molecule has 0 radical (unpaired) electrons. The van der Waals surface area contributed by atoms with Crippen molar-refractivity contribution in [3.05, 3.63) is 29.2 Å². The molecule has 2 N–H and O–H groups in total. The Morgan fingerprint density at radius 1 is 1.31 bits per heavy atom. The number of ether oxygens (including phenoxy) is 1. The molecule has 26 heavy (non-hydrogen) atoms. The van der Waals surface area contributed by atoms with E-state index in [0.29, 0.717) is 0 Å². The average Bonchev–Trinajstić information content (AvgIpc) is 2.98. The fourth-order valence-corrected chi connectivity index (χ4v) is 3.29. The zero-order valence-corrected chi connectivity index (χ0v) is 16.0. The number of anilines is 1. The lowest BCUT2D eigenvalue weighted by molar-refractivity contribution is 0.190. The van der Waals surface area contributed by atoms with Crippen molar-refractivity contribution in [1.29, 1.82) is 0 Å². The van der Waals surface area contributed by atoms with Crippen LogP contribution in [0.3, 0.4) is 0 Å². The zero-order chi connectivity index (χ0) is 18.4. The molecule has 0 amide bonds. The lowest BCUT2D eigenvalue weighted by Gasteiger charge is -2.19. The number of nitrogens with one attached hydrogen (secondary N) is 2. The van der Waals surface area contributed by atoms with Gasteiger partial charge in [-0.3, -0.25) is 0 Å². The molecular weight excluding hydrogens is 330 g/mol. The summed E-state index contributed by atoms with van der Waals surface area (Å²) in [6, 6.07) is 0.0139. The second-order valence-electron chi connectivity index (χ2n) is 6.61. The van der Waals surface area contributed by atoms with E-state index in [1.54, 1.807) is 13.4 Å². The molecule has 0 saturated heterocycles. The van der Waals surface area contributed by atoms with Crippen molar-refractivity contribution >= 4 is 5.82 Å². The number of fused-ring (bicyclic) bond motifs is 1. The normalized spacial score (nSPS) is 15.3. The van der Waals surface area contributed by atoms with Gasteiger partial charge in [-0.25, -0.2) is 9.97 Å². The van der Waals surface area contributed by atoms with E-state index in [0.717, 1.165) is 75.1 Å². The first-order valence-corrected chi connectivity index (χ1v) is 9.45. The highest BCUT2D eigenvalue weighted by molar-refractivity contribution is 5.48. The predicted molar refractivity (Wildman–Crippen MR) is 100 cm³/mol. The van der Waals surface area contributed by atoms with Gasteiger partial charge in [-0.15, -0.1) is 10.2 Å². The standard InChI is InChI=1S/C18H29N7O/c1-4-16-22-15-7-9-19-8-6-14(15)17(23-16)21-13(2)18-24-20-12-25(18)10-5-11-26-3/h12-13,19H,4-11H2,1-3H3,(H,21,22,23)/t13-/m0/s1. The van der Waals surface area contributed by atoms with Crippen LogP contribution < -0.4 is 10.6 Å². The van der Waals surface area contributed by atoms with Crippen LogP contribution in [0.4, 0.5) is 5.82 Å². The minimum Gasteiger partial charge on any atom is -0.385 e. The molecule has 1 atom stereocenters. The third-order valence-corrected chi connectivity index (χ3v) is 4.68. The smallest absolute Gasteiger partial charge is 0.155 e. The van der Waals surface area contributed by atoms with Gasteiger partial charge in [0.15, 0.2) is 5.82 Å². The van der Waals surface area contributed by atoms with Gasteiger partial charge in [0.25, 0.3) is 0 Å². The van der Waals surface area contributed by atoms with E-state index in [1.165, 1.54) is 5.56 Å². The van der Waals surface area contributed by atoms with Crippen LogP contribution in [0.2, 0.25) is 0 Å². The van der Waals surface area contributed by atoms with Crippen LogP contribution in [0.25, 0.3) is 0 Å². The summed E-state index contributed by atoms with van der Waals surface area (Å²) in [7, 11) is 1.72. The largest absolute Gasteiger partial charge is 0.385 e. The molecule has 142 valence electrons. The van der Waals surface area contributed by atoms with Crippen LogP contribution in [0.5, 0.6) is 0 Å². The lowest BCUT2D eigenvalue weighted by atomic mass is 10.1. The second-order valence-corrected chi connectivity index (χ2v) is 6.61. The number of methoxy groups -OCH3 is 1. The van der Waals surface area contributed by atoms with Crippen LogP contribution in [0.1, 0.15) is 49.2 Å². The molecule has 2 aromatic heterocycles. The van der Waals surface area contributed by atoms with Crippen molar-refractivity contribution in [3.8, 4) is 0 Å². The first kappa shape index (κ1) is 18.7. The average molecular weight is 359 g/mol. The maximum absolute atomic E-state index is 5.14. The Morgan fingerprint density at radius 2 is 2.15 bits per heavy atom. The fourth-order valence-electron chi connectivity index (χ4n) is 3.29. The van der Waals surface area contributed by atoms with Crippen molar-refractivity contribution in [2.75, 3.05) is 32.1 Å². The maximum Gasteiger partial charge on any atom is 0.155 e. The second kappa shape index (κ2) is 9.05. The van der Waals surface area contributed by atoms with Gasteiger partial charge >= 0.3 is 0 Å². The van der Waals surface area contributed by atoms with Gasteiger partial charge in [0.1, 0.15) is 18.0 Å². The van der Waals surface area contributed by atoms with Crippen LogP contribution in [0, 0.1) is 0 Å². The Balaban J connectivity index is 1.81. The summed E-state index contributed by atoms with van der Waals surface area (Å²) in [5.74, 6) is 2.75. The van der Waals surface area contributed by atoms with E-state index in [-0.39, 0.29) is 6.04 Å². The predicted octanol–water partition coefficient (Wildman–Crippen LogP) is 1.53. The summed E-state index contributed by atoms with van der Waals surface area (Å²) in [4.78, 5) is 9.53. The molecule has 2 aromatic rings. The molecule has 1 aliphatic rings. The number of nitrogens with zero attached hydrogens (tertiary/aromatic N) is 5. The molecule has 0 spiro atoms. The van der Waals surface area contributed by atoms with Crippen LogP contribution in [-0.4, -0.2) is 51.5 Å². The van der Waals surface area contributed by atoms with Crippen LogP contribution in [0.15, 0.2) is 6.33 Å². The number of rotatable bonds is 8. The van der Waals surface area contributed by atoms with Gasteiger partial charge < -0.3 is 19.9 Å². The molecule has 0 bridgehead atoms. The van der Waals surface area contributed by atoms with Gasteiger partial charge in [-0.05, 0) is 26.3 Å². The number of aryl methyl sites for hydroxylation is 2. The molecule has 0 aromatic carbocycles. The van der Waals surface area contributed by atoms with Gasteiger partial charge in [-0.2, -0.15) is 0 Å². The quantitative estimate of drug-likeness (QED) is 0.691. The Morgan fingerprint density at radius 3 is 2.96 bits per heavy atom. The highest BCUT2D eigenvalue weighted by Gasteiger charge is 2.20. The molecule has 8 nitrogen and oxygen atoms in total. The number of hydrogen-bond acceptors (Lipinski definition) is 7. The SMILES string of the molecule is CCc1nc2c(c(N[C@@H](C)c3nncn3CCCOC)n1)CCNCC2. The Kier molecular flexibility index (Phi) is 6.51. The van der Waals surface area contributed by atoms with E-state index in [1.807, 2.05) is 0 Å². The minimum atomic E-state index is 0.0139. The summed E-state index contributed by atoms with van der Waals surface area (Å²) in [6.07, 6.45) is 5.43. The van der Waals surface area contributed by atoms with Crippen LogP contribution >= 0.6 is 0 Å². The molecule has 0 fully saturated rings. The highest BCUT2D eigenvalue weighted by Crippen LogP contribution is 2.24. The lowest BCUT2D eigenvalue weighted by Crippen LogP contribution is -2.18. The molecule has 0 aliphatic carbocycles. The summed E-state index contributed by atoms with van der Waals surface area (Å²) in [5, 5.41) is 15.4. The van der Waals surface area contributed by atoms with E-state index >= 15 is 0 Å². The highest BCUT2D eigenvalue weighted by atomic mass is 16.5. The number of aromatic nitrogens is 5. The third kappa shape index (κ3) is 4.37. The van der Waals surface area contributed by atoms with Gasteiger partial charge in [0, 0.05) is 45.2 Å². The molecular formula is C18H29N7O. The first-order chi connectivity index (χ1) is 12.7. The Labute approximate surface area is 154 Å². The Bertz CT molecular complexity index is 716. The van der Waals surface area contributed by atoms with Gasteiger partial charge in [0.05, 0.1) is 11.7 Å². The minimum absolute atomic E-state index is 0.0139. The van der Waals surface area contributed by atoms with Crippen molar-refractivity contribution in [1.82, 2.24) is 30.0 Å². The molecule has 3 heterocycles. The van der Waals surface area contributed by atoms with Crippen molar-refractivity contribution in [2.45, 2.75) is 52.1 Å². The third-order valence-electron chi connectivity index (χ3n) is 4.68. The van der Waals surface area contributed by atoms with Crippen molar-refractivity contribution in [3.63, 3.8) is 0 Å². The molecule has 8 heteroatoms. The van der Waals surface area contributed by atoms with Crippen molar-refractivity contribution < 1.29 is 4.74 Å². The summed E-state index contributed by atoms with van der Waals surface area (Å²) < 4.78 is 7.23. The zero-order valence-electron chi connectivity index (χ0n) is 16.0. The van der Waals surface area contributed by atoms with Crippen LogP contribution in [-0.2, 0) is 30.5 Å². The monoisotopic (exact) mass is 359 g/mol. The van der Waals surface area contributed by atoms with Gasteiger partial charge in [0.2, 0.25) is 0 Å². The fraction of sp³-hybridized carbons (Fsp3) is 0.667. The van der Waals surface area contributed by atoms with E-state index in [9.17, 15) is 0 Å². The topological polar surface area (TPSA) is 89.8 Å². The molecule has 0 saturated carbocycles. The van der Waals surface area contributed by atoms with Gasteiger partial charge in [-0.1, -0.05) is 6.92 Å². The molecule has 0 unspecified atom stereocenters. The summed E-state index contributed by atoms with van der Waals surface area (Å²) in [5.41, 5.74) is 2.39. The van der Waals surface area contributed by atoms with E-state index in [2.05, 4.69) is 39.2 Å². The summed E-state index contributed by atoms with van der Waals surface area (Å²) >= 11 is 0. The molecule has 3 rings (SSSR count). The van der Waals surface area contributed by atoms with Crippen molar-refractivity contribution in [2.24, 2.45) is 0 Å². The first-order valence-electron chi connectivity index (χ1n) is 9.45. The van der Waals surface area contributed by atoms with E-state index < -0.39 is 0 Å². The van der Waals surface area contributed by atoms with E-state index in [4.69, 9.17) is 14.7 Å². The maximum atomic E-state index is 5.14. The molecule has 1 aliphatic heterocycles. The summed E-state index contributed by atoms with van der Waals surface area (Å²) in [6.45, 7) is 7.69. The number of hydrogen-bond donors (Lipinski definition) is 2. The Hall–Kier alpha value is -2.06.